The van der Waals surface area contributed by atoms with Crippen LogP contribution in [-0.4, -0.2) is 32.0 Å². The summed E-state index contributed by atoms with van der Waals surface area (Å²) in [5, 5.41) is 21.4. The fourth-order valence-electron chi connectivity index (χ4n) is 2.82. The largest absolute Gasteiger partial charge is 0.337 e. The molecule has 1 heterocycles. The first-order valence-electron chi connectivity index (χ1n) is 8.41. The van der Waals surface area contributed by atoms with Gasteiger partial charge in [-0.05, 0) is 32.6 Å². The molecule has 0 aliphatic heterocycles. The van der Waals surface area contributed by atoms with Crippen molar-refractivity contribution in [3.8, 4) is 17.5 Å². The molecular weight excluding hydrogens is 334 g/mol. The molecule has 0 radical (unpaired) electrons. The molecule has 1 fully saturated rings. The van der Waals surface area contributed by atoms with Crippen molar-refractivity contribution in [3.63, 3.8) is 0 Å². The predicted molar refractivity (Wildman–Crippen MR) is 96.7 cm³/mol. The van der Waals surface area contributed by atoms with Crippen molar-refractivity contribution < 1.29 is 4.79 Å². The second kappa shape index (κ2) is 7.28. The summed E-state index contributed by atoms with van der Waals surface area (Å²) in [5.41, 5.74) is 0.240. The Morgan fingerprint density at radius 2 is 2.12 bits per heavy atom. The van der Waals surface area contributed by atoms with Gasteiger partial charge >= 0.3 is 0 Å². The third-order valence-electron chi connectivity index (χ3n) is 4.42. The number of hydrogen-bond acceptors (Lipinski definition) is 5. The molecule has 1 aliphatic carbocycles. The summed E-state index contributed by atoms with van der Waals surface area (Å²) >= 11 is 1.35. The van der Waals surface area contributed by atoms with E-state index in [1.807, 2.05) is 41.8 Å². The molecule has 3 rings (SSSR count). The third kappa shape index (κ3) is 3.85. The van der Waals surface area contributed by atoms with Gasteiger partial charge in [-0.3, -0.25) is 4.79 Å². The lowest BCUT2D eigenvalue weighted by Gasteiger charge is -2.22. The smallest absolute Gasteiger partial charge is 0.231 e. The Labute approximate surface area is 151 Å². The van der Waals surface area contributed by atoms with E-state index in [2.05, 4.69) is 21.6 Å². The maximum absolute atomic E-state index is 12.3. The number of rotatable bonds is 7. The van der Waals surface area contributed by atoms with Gasteiger partial charge in [-0.25, -0.2) is 0 Å². The molecule has 2 aromatic rings. The number of hydrogen-bond donors (Lipinski definition) is 1. The molecule has 1 amide bonds. The minimum absolute atomic E-state index is 0.145. The van der Waals surface area contributed by atoms with Gasteiger partial charge in [-0.1, -0.05) is 42.1 Å². The molecule has 6 nitrogen and oxygen atoms in total. The molecule has 1 aromatic carbocycles. The number of amides is 1. The van der Waals surface area contributed by atoms with E-state index < -0.39 is 5.54 Å². The Bertz CT molecular complexity index is 794. The Hall–Kier alpha value is -2.33. The maximum atomic E-state index is 12.3. The molecule has 25 heavy (non-hydrogen) atoms. The van der Waals surface area contributed by atoms with Crippen LogP contribution < -0.4 is 5.32 Å². The fourth-order valence-corrected chi connectivity index (χ4v) is 3.62. The lowest BCUT2D eigenvalue weighted by atomic mass is 9.98. The van der Waals surface area contributed by atoms with Crippen LogP contribution in [-0.2, 0) is 11.3 Å². The lowest BCUT2D eigenvalue weighted by Crippen LogP contribution is -2.47. The van der Waals surface area contributed by atoms with Crippen LogP contribution in [0.2, 0.25) is 0 Å². The van der Waals surface area contributed by atoms with Gasteiger partial charge in [-0.2, -0.15) is 5.26 Å². The molecule has 0 spiro atoms. The fraction of sp³-hybridized carbons (Fsp3) is 0.444. The number of nitrogens with one attached hydrogen (secondary N) is 1. The number of carbonyl (C=O) groups excluding carboxylic acids is 1. The Kier molecular flexibility index (Phi) is 5.09. The van der Waals surface area contributed by atoms with Crippen molar-refractivity contribution in [1.82, 2.24) is 20.1 Å². The summed E-state index contributed by atoms with van der Waals surface area (Å²) in [6, 6.07) is 12.1. The van der Waals surface area contributed by atoms with E-state index in [4.69, 9.17) is 0 Å². The monoisotopic (exact) mass is 355 g/mol. The highest BCUT2D eigenvalue weighted by atomic mass is 32.2. The van der Waals surface area contributed by atoms with Crippen LogP contribution in [0, 0.1) is 17.2 Å². The van der Waals surface area contributed by atoms with Crippen molar-refractivity contribution in [3.05, 3.63) is 30.3 Å². The van der Waals surface area contributed by atoms with Crippen LogP contribution in [0.3, 0.4) is 0 Å². The standard InChI is InChI=1S/C18H21N5OS/c1-3-23-16(13-7-5-4-6-8-13)21-22-17(23)25-11-15(24)20-18(2,12-19)14-9-10-14/h4-8,14H,3,9-11H2,1-2H3,(H,20,24). The second-order valence-electron chi connectivity index (χ2n) is 6.34. The van der Waals surface area contributed by atoms with Crippen LogP contribution in [0.15, 0.2) is 35.5 Å². The second-order valence-corrected chi connectivity index (χ2v) is 7.28. The zero-order chi connectivity index (χ0) is 17.9. The van der Waals surface area contributed by atoms with Gasteiger partial charge in [0.1, 0.15) is 5.54 Å². The van der Waals surface area contributed by atoms with Crippen LogP contribution >= 0.6 is 11.8 Å². The van der Waals surface area contributed by atoms with Crippen LogP contribution in [0.1, 0.15) is 26.7 Å². The summed E-state index contributed by atoms with van der Waals surface area (Å²) in [4.78, 5) is 12.3. The molecule has 1 saturated carbocycles. The minimum Gasteiger partial charge on any atom is -0.337 e. The van der Waals surface area contributed by atoms with E-state index in [-0.39, 0.29) is 17.6 Å². The maximum Gasteiger partial charge on any atom is 0.231 e. The van der Waals surface area contributed by atoms with Gasteiger partial charge in [-0.15, -0.1) is 10.2 Å². The number of nitriles is 1. The summed E-state index contributed by atoms with van der Waals surface area (Å²) in [6.45, 7) is 4.55. The van der Waals surface area contributed by atoms with E-state index >= 15 is 0 Å². The third-order valence-corrected chi connectivity index (χ3v) is 5.39. The first-order chi connectivity index (χ1) is 12.1. The van der Waals surface area contributed by atoms with E-state index in [9.17, 15) is 10.1 Å². The van der Waals surface area contributed by atoms with Gasteiger partial charge < -0.3 is 9.88 Å². The van der Waals surface area contributed by atoms with Crippen molar-refractivity contribution in [2.45, 2.75) is 43.9 Å². The lowest BCUT2D eigenvalue weighted by molar-refractivity contribution is -0.119. The molecular formula is C18H21N5OS. The van der Waals surface area contributed by atoms with E-state index in [0.29, 0.717) is 5.16 Å². The highest BCUT2D eigenvalue weighted by Gasteiger charge is 2.42. The zero-order valence-electron chi connectivity index (χ0n) is 14.4. The quantitative estimate of drug-likeness (QED) is 0.772. The number of thioether (sulfide) groups is 1. The average Bonchev–Trinajstić information content (AvgIpc) is 3.41. The number of carbonyl (C=O) groups is 1. The Morgan fingerprint density at radius 3 is 2.72 bits per heavy atom. The Morgan fingerprint density at radius 1 is 1.40 bits per heavy atom. The molecule has 0 saturated heterocycles. The molecule has 1 aliphatic rings. The summed E-state index contributed by atoms with van der Waals surface area (Å²) < 4.78 is 2.00. The molecule has 1 N–H and O–H groups in total. The first kappa shape index (κ1) is 17.5. The number of aromatic nitrogens is 3. The first-order valence-corrected chi connectivity index (χ1v) is 9.39. The molecule has 0 bridgehead atoms. The van der Waals surface area contributed by atoms with E-state index in [1.165, 1.54) is 11.8 Å². The van der Waals surface area contributed by atoms with Gasteiger partial charge in [0.2, 0.25) is 5.91 Å². The van der Waals surface area contributed by atoms with Crippen LogP contribution in [0.25, 0.3) is 11.4 Å². The van der Waals surface area contributed by atoms with Gasteiger partial charge in [0, 0.05) is 12.1 Å². The highest BCUT2D eigenvalue weighted by molar-refractivity contribution is 7.99. The van der Waals surface area contributed by atoms with Crippen molar-refractivity contribution in [2.75, 3.05) is 5.75 Å². The summed E-state index contributed by atoms with van der Waals surface area (Å²) in [5.74, 6) is 1.14. The molecule has 130 valence electrons. The highest BCUT2D eigenvalue weighted by Crippen LogP contribution is 2.39. The average molecular weight is 355 g/mol. The summed E-state index contributed by atoms with van der Waals surface area (Å²) in [7, 11) is 0. The number of benzene rings is 1. The molecule has 1 aromatic heterocycles. The van der Waals surface area contributed by atoms with Gasteiger partial charge in [0.15, 0.2) is 11.0 Å². The molecule has 7 heteroatoms. The molecule has 1 unspecified atom stereocenters. The molecule has 1 atom stereocenters. The van der Waals surface area contributed by atoms with Gasteiger partial charge in [0.05, 0.1) is 11.8 Å². The van der Waals surface area contributed by atoms with Crippen molar-refractivity contribution in [2.24, 2.45) is 5.92 Å². The van der Waals surface area contributed by atoms with Crippen LogP contribution in [0.4, 0.5) is 0 Å². The normalized spacial score (nSPS) is 16.0. The summed E-state index contributed by atoms with van der Waals surface area (Å²) in [6.07, 6.45) is 2.00. The van der Waals surface area contributed by atoms with Crippen LogP contribution in [0.5, 0.6) is 0 Å². The topological polar surface area (TPSA) is 83.6 Å². The Balaban J connectivity index is 1.66. The zero-order valence-corrected chi connectivity index (χ0v) is 15.2. The van der Waals surface area contributed by atoms with E-state index in [0.717, 1.165) is 30.8 Å². The number of nitrogens with zero attached hydrogens (tertiary/aromatic N) is 4. The van der Waals surface area contributed by atoms with Crippen molar-refractivity contribution in [1.29, 1.82) is 5.26 Å². The SMILES string of the molecule is CCn1c(SCC(=O)NC(C)(C#N)C2CC2)nnc1-c1ccccc1. The van der Waals surface area contributed by atoms with Crippen molar-refractivity contribution >= 4 is 17.7 Å². The van der Waals surface area contributed by atoms with E-state index in [1.54, 1.807) is 6.92 Å². The van der Waals surface area contributed by atoms with Gasteiger partial charge in [0.25, 0.3) is 0 Å². The predicted octanol–water partition coefficient (Wildman–Crippen LogP) is 2.87. The minimum atomic E-state index is -0.759.